The van der Waals surface area contributed by atoms with Crippen LogP contribution in [0.25, 0.3) is 6.08 Å². The van der Waals surface area contributed by atoms with Crippen molar-refractivity contribution in [2.75, 3.05) is 20.8 Å². The number of aldehydes is 1. The van der Waals surface area contributed by atoms with Crippen LogP contribution in [0.15, 0.2) is 48.3 Å². The Morgan fingerprint density at radius 2 is 1.63 bits per heavy atom. The van der Waals surface area contributed by atoms with E-state index in [1.165, 1.54) is 6.08 Å². The van der Waals surface area contributed by atoms with E-state index >= 15 is 0 Å². The van der Waals surface area contributed by atoms with Crippen LogP contribution in [0.4, 0.5) is 4.39 Å². The van der Waals surface area contributed by atoms with E-state index in [4.69, 9.17) is 14.2 Å². The first-order chi connectivity index (χ1) is 12.9. The van der Waals surface area contributed by atoms with Crippen LogP contribution < -0.4 is 14.2 Å². The van der Waals surface area contributed by atoms with Gasteiger partial charge in [-0.15, -0.1) is 0 Å². The van der Waals surface area contributed by atoms with Gasteiger partial charge in [0.2, 0.25) is 0 Å². The fraction of sp³-hybridized carbons (Fsp3) is 0.318. The Morgan fingerprint density at radius 1 is 1.00 bits per heavy atom. The first-order valence-electron chi connectivity index (χ1n) is 8.67. The predicted octanol–water partition coefficient (Wildman–Crippen LogP) is 5.32. The third-order valence-corrected chi connectivity index (χ3v) is 4.36. The molecule has 0 aliphatic carbocycles. The summed E-state index contributed by atoms with van der Waals surface area (Å²) in [4.78, 5) is 10.7. The van der Waals surface area contributed by atoms with Crippen molar-refractivity contribution in [2.45, 2.75) is 20.3 Å². The van der Waals surface area contributed by atoms with Gasteiger partial charge in [0.05, 0.1) is 20.8 Å². The highest BCUT2D eigenvalue weighted by molar-refractivity contribution is 5.74. The Hall–Kier alpha value is -2.82. The minimum absolute atomic E-state index is 0.241. The monoisotopic (exact) mass is 372 g/mol. The van der Waals surface area contributed by atoms with Gasteiger partial charge in [-0.1, -0.05) is 19.9 Å². The van der Waals surface area contributed by atoms with Crippen molar-refractivity contribution >= 4 is 12.4 Å². The Bertz CT molecular complexity index is 794. The number of carbonyl (C=O) groups is 1. The van der Waals surface area contributed by atoms with E-state index in [-0.39, 0.29) is 5.83 Å². The SMILES string of the molecule is COc1ccc(/C=C(\F)C(C)(C)CCOc2ccc(C=O)cc2)cc1OC. The van der Waals surface area contributed by atoms with E-state index in [0.717, 1.165) is 6.29 Å². The summed E-state index contributed by atoms with van der Waals surface area (Å²) in [6.45, 7) is 4.03. The molecule has 0 spiro atoms. The molecule has 144 valence electrons. The highest BCUT2D eigenvalue weighted by atomic mass is 19.1. The minimum atomic E-state index is -0.685. The average Bonchev–Trinajstić information content (AvgIpc) is 2.68. The van der Waals surface area contributed by atoms with Gasteiger partial charge in [0.25, 0.3) is 0 Å². The van der Waals surface area contributed by atoms with Gasteiger partial charge in [-0.2, -0.15) is 0 Å². The third kappa shape index (κ3) is 5.58. The molecule has 2 aromatic rings. The van der Waals surface area contributed by atoms with Gasteiger partial charge < -0.3 is 14.2 Å². The molecule has 0 heterocycles. The van der Waals surface area contributed by atoms with E-state index in [1.807, 2.05) is 13.8 Å². The molecule has 0 unspecified atom stereocenters. The van der Waals surface area contributed by atoms with Crippen LogP contribution in [0.2, 0.25) is 0 Å². The lowest BCUT2D eigenvalue weighted by atomic mass is 9.87. The zero-order chi connectivity index (χ0) is 19.9. The Kier molecular flexibility index (Phi) is 6.99. The smallest absolute Gasteiger partial charge is 0.161 e. The highest BCUT2D eigenvalue weighted by Gasteiger charge is 2.24. The molecule has 0 atom stereocenters. The third-order valence-electron chi connectivity index (χ3n) is 4.36. The van der Waals surface area contributed by atoms with Crippen LogP contribution in [0, 0.1) is 5.41 Å². The fourth-order valence-electron chi connectivity index (χ4n) is 2.47. The molecule has 0 saturated carbocycles. The molecule has 4 nitrogen and oxygen atoms in total. The summed E-state index contributed by atoms with van der Waals surface area (Å²) >= 11 is 0. The van der Waals surface area contributed by atoms with Gasteiger partial charge in [-0.05, 0) is 54.5 Å². The van der Waals surface area contributed by atoms with Crippen molar-refractivity contribution in [1.29, 1.82) is 0 Å². The lowest BCUT2D eigenvalue weighted by Gasteiger charge is -2.23. The summed E-state index contributed by atoms with van der Waals surface area (Å²) in [5, 5.41) is 0. The number of methoxy groups -OCH3 is 2. The second kappa shape index (κ2) is 9.21. The van der Waals surface area contributed by atoms with Gasteiger partial charge in [0.1, 0.15) is 17.9 Å². The normalized spacial score (nSPS) is 11.8. The van der Waals surface area contributed by atoms with E-state index in [9.17, 15) is 9.18 Å². The molecule has 27 heavy (non-hydrogen) atoms. The summed E-state index contributed by atoms with van der Waals surface area (Å²) in [6, 6.07) is 12.1. The maximum atomic E-state index is 14.8. The molecule has 0 aliphatic rings. The van der Waals surface area contributed by atoms with Gasteiger partial charge in [0, 0.05) is 11.0 Å². The number of carbonyl (C=O) groups excluding carboxylic acids is 1. The molecule has 0 fully saturated rings. The Labute approximate surface area is 159 Å². The molecular weight excluding hydrogens is 347 g/mol. The molecule has 5 heteroatoms. The summed E-state index contributed by atoms with van der Waals surface area (Å²) in [7, 11) is 3.11. The second-order valence-corrected chi connectivity index (χ2v) is 6.78. The topological polar surface area (TPSA) is 44.8 Å². The number of benzene rings is 2. The first-order valence-corrected chi connectivity index (χ1v) is 8.67. The lowest BCUT2D eigenvalue weighted by molar-refractivity contribution is 0.112. The van der Waals surface area contributed by atoms with E-state index in [0.29, 0.717) is 41.4 Å². The number of ether oxygens (including phenoxy) is 3. The number of hydrogen-bond acceptors (Lipinski definition) is 4. The van der Waals surface area contributed by atoms with Crippen molar-refractivity contribution in [3.05, 3.63) is 59.4 Å². The van der Waals surface area contributed by atoms with Crippen LogP contribution in [-0.2, 0) is 0 Å². The zero-order valence-corrected chi connectivity index (χ0v) is 16.1. The first kappa shape index (κ1) is 20.5. The molecule has 2 rings (SSSR count). The van der Waals surface area contributed by atoms with E-state index < -0.39 is 5.41 Å². The molecule has 0 aromatic heterocycles. The quantitative estimate of drug-likeness (QED) is 0.559. The van der Waals surface area contributed by atoms with E-state index in [2.05, 4.69) is 0 Å². The predicted molar refractivity (Wildman–Crippen MR) is 104 cm³/mol. The largest absolute Gasteiger partial charge is 0.494 e. The van der Waals surface area contributed by atoms with Crippen LogP contribution >= 0.6 is 0 Å². The summed E-state index contributed by atoms with van der Waals surface area (Å²) in [5.41, 5.74) is 0.603. The molecule has 0 amide bonds. The number of halogens is 1. The van der Waals surface area contributed by atoms with Crippen molar-refractivity contribution < 1.29 is 23.4 Å². The van der Waals surface area contributed by atoms with Crippen LogP contribution in [0.5, 0.6) is 17.2 Å². The molecule has 0 aliphatic heterocycles. The van der Waals surface area contributed by atoms with Crippen LogP contribution in [-0.4, -0.2) is 27.1 Å². The molecule has 0 N–H and O–H groups in total. The molecule has 0 bridgehead atoms. The lowest BCUT2D eigenvalue weighted by Crippen LogP contribution is -2.16. The molecular formula is C22H25FO4. The van der Waals surface area contributed by atoms with Crippen LogP contribution in [0.3, 0.4) is 0 Å². The number of hydrogen-bond donors (Lipinski definition) is 0. The van der Waals surface area contributed by atoms with E-state index in [1.54, 1.807) is 56.7 Å². The Morgan fingerprint density at radius 3 is 2.22 bits per heavy atom. The van der Waals surface area contributed by atoms with Crippen molar-refractivity contribution in [2.24, 2.45) is 5.41 Å². The van der Waals surface area contributed by atoms with Gasteiger partial charge in [0.15, 0.2) is 11.5 Å². The zero-order valence-electron chi connectivity index (χ0n) is 16.1. The number of rotatable bonds is 9. The summed E-state index contributed by atoms with van der Waals surface area (Å²) < 4.78 is 30.9. The van der Waals surface area contributed by atoms with Crippen molar-refractivity contribution in [3.8, 4) is 17.2 Å². The van der Waals surface area contributed by atoms with Crippen molar-refractivity contribution in [1.82, 2.24) is 0 Å². The molecule has 0 radical (unpaired) electrons. The maximum absolute atomic E-state index is 14.8. The standard InChI is InChI=1S/C22H25FO4/c1-22(2,11-12-27-18-8-5-16(15-24)6-9-18)21(23)14-17-7-10-19(25-3)20(13-17)26-4/h5-10,13-15H,11-12H2,1-4H3/b21-14-. The highest BCUT2D eigenvalue weighted by Crippen LogP contribution is 2.35. The van der Waals surface area contributed by atoms with Gasteiger partial charge >= 0.3 is 0 Å². The fourth-order valence-corrected chi connectivity index (χ4v) is 2.47. The minimum Gasteiger partial charge on any atom is -0.494 e. The van der Waals surface area contributed by atoms with Crippen molar-refractivity contribution in [3.63, 3.8) is 0 Å². The second-order valence-electron chi connectivity index (χ2n) is 6.78. The van der Waals surface area contributed by atoms with Gasteiger partial charge in [-0.3, -0.25) is 4.79 Å². The maximum Gasteiger partial charge on any atom is 0.161 e. The summed E-state index contributed by atoms with van der Waals surface area (Å²) in [6.07, 6.45) is 2.78. The molecule has 2 aromatic carbocycles. The molecule has 0 saturated heterocycles. The van der Waals surface area contributed by atoms with Crippen LogP contribution in [0.1, 0.15) is 36.2 Å². The Balaban J connectivity index is 2.01. The summed E-state index contributed by atoms with van der Waals surface area (Å²) in [5.74, 6) is 1.57. The van der Waals surface area contributed by atoms with Gasteiger partial charge in [-0.25, -0.2) is 4.39 Å². The number of allylic oxidation sites excluding steroid dienone is 1. The average molecular weight is 372 g/mol.